The third kappa shape index (κ3) is 3.03. The van der Waals surface area contributed by atoms with Crippen molar-refractivity contribution in [3.8, 4) is 0 Å². The van der Waals surface area contributed by atoms with Crippen LogP contribution in [0.3, 0.4) is 0 Å². The maximum absolute atomic E-state index is 10.4. The van der Waals surface area contributed by atoms with Crippen molar-refractivity contribution in [3.05, 3.63) is 0 Å². The smallest absolute Gasteiger partial charge is 0.335 e. The molecule has 0 bridgehead atoms. The van der Waals surface area contributed by atoms with Gasteiger partial charge in [-0.25, -0.2) is 4.79 Å². The van der Waals surface area contributed by atoms with Crippen molar-refractivity contribution in [2.45, 2.75) is 12.5 Å². The van der Waals surface area contributed by atoms with Crippen molar-refractivity contribution < 1.29 is 19.4 Å². The molecule has 0 heterocycles. The summed E-state index contributed by atoms with van der Waals surface area (Å²) in [7, 11) is 1.12. The van der Waals surface area contributed by atoms with Crippen LogP contribution in [0.15, 0.2) is 0 Å². The standard InChI is InChI=1S/C5H9NO4/c1-10-5(9)3(7)2-4(6)8/h3,7H,2H2,1H3,(H2,6,8). The predicted octanol–water partition coefficient (Wildman–Crippen LogP) is -1.60. The zero-order chi connectivity index (χ0) is 8.15. The number of carbonyl (C=O) groups is 2. The molecule has 0 saturated heterocycles. The number of nitrogens with two attached hydrogens (primary N) is 1. The lowest BCUT2D eigenvalue weighted by Crippen LogP contribution is -2.27. The molecule has 3 N–H and O–H groups in total. The molecule has 0 aromatic carbocycles. The summed E-state index contributed by atoms with van der Waals surface area (Å²) in [6, 6.07) is 0. The van der Waals surface area contributed by atoms with Crippen molar-refractivity contribution in [1.82, 2.24) is 0 Å². The first-order valence-corrected chi connectivity index (χ1v) is 2.62. The molecule has 0 aliphatic rings. The van der Waals surface area contributed by atoms with Gasteiger partial charge in [0, 0.05) is 0 Å². The van der Waals surface area contributed by atoms with Gasteiger partial charge in [-0.2, -0.15) is 0 Å². The molecule has 1 unspecified atom stereocenters. The van der Waals surface area contributed by atoms with Crippen LogP contribution in [0, 0.1) is 0 Å². The van der Waals surface area contributed by atoms with Crippen LogP contribution in [-0.4, -0.2) is 30.2 Å². The Kier molecular flexibility index (Phi) is 3.42. The number of primary amides is 1. The van der Waals surface area contributed by atoms with E-state index >= 15 is 0 Å². The number of amides is 1. The van der Waals surface area contributed by atoms with E-state index in [0.717, 1.165) is 7.11 Å². The third-order valence-corrected chi connectivity index (χ3v) is 0.868. The Morgan fingerprint density at radius 2 is 2.20 bits per heavy atom. The van der Waals surface area contributed by atoms with Crippen molar-refractivity contribution >= 4 is 11.9 Å². The fraction of sp³-hybridized carbons (Fsp3) is 0.600. The number of aliphatic hydroxyl groups is 1. The van der Waals surface area contributed by atoms with Crippen molar-refractivity contribution in [2.75, 3.05) is 7.11 Å². The minimum Gasteiger partial charge on any atom is -0.467 e. The van der Waals surface area contributed by atoms with Gasteiger partial charge in [-0.05, 0) is 0 Å². The largest absolute Gasteiger partial charge is 0.467 e. The Morgan fingerprint density at radius 3 is 2.50 bits per heavy atom. The number of aliphatic hydroxyl groups excluding tert-OH is 1. The maximum Gasteiger partial charge on any atom is 0.335 e. The summed E-state index contributed by atoms with van der Waals surface area (Å²) in [5.74, 6) is -1.59. The van der Waals surface area contributed by atoms with Crippen LogP contribution in [0.2, 0.25) is 0 Å². The van der Waals surface area contributed by atoms with Crippen LogP contribution in [0.4, 0.5) is 0 Å². The van der Waals surface area contributed by atoms with Crippen LogP contribution in [-0.2, 0) is 14.3 Å². The average Bonchev–Trinajstić information content (AvgIpc) is 1.85. The highest BCUT2D eigenvalue weighted by Crippen LogP contribution is 1.91. The second-order valence-corrected chi connectivity index (χ2v) is 1.71. The van der Waals surface area contributed by atoms with Crippen molar-refractivity contribution in [2.24, 2.45) is 5.73 Å². The van der Waals surface area contributed by atoms with Crippen molar-refractivity contribution in [3.63, 3.8) is 0 Å². The summed E-state index contributed by atoms with van der Waals surface area (Å²) in [6.07, 6.45) is -1.82. The lowest BCUT2D eigenvalue weighted by Gasteiger charge is -2.03. The summed E-state index contributed by atoms with van der Waals surface area (Å²) in [6.45, 7) is 0. The molecule has 0 aliphatic heterocycles. The van der Waals surface area contributed by atoms with Gasteiger partial charge < -0.3 is 15.6 Å². The molecule has 1 atom stereocenters. The van der Waals surface area contributed by atoms with Crippen LogP contribution < -0.4 is 5.73 Å². The molecular weight excluding hydrogens is 138 g/mol. The van der Waals surface area contributed by atoms with Crippen molar-refractivity contribution in [1.29, 1.82) is 0 Å². The van der Waals surface area contributed by atoms with E-state index in [1.165, 1.54) is 0 Å². The minimum absolute atomic E-state index is 0.396. The van der Waals surface area contributed by atoms with E-state index in [1.54, 1.807) is 0 Å². The summed E-state index contributed by atoms with van der Waals surface area (Å²) in [5.41, 5.74) is 4.68. The summed E-state index contributed by atoms with van der Waals surface area (Å²) in [4.78, 5) is 20.5. The number of esters is 1. The minimum atomic E-state index is -1.43. The second kappa shape index (κ2) is 3.84. The van der Waals surface area contributed by atoms with E-state index in [-0.39, 0.29) is 0 Å². The molecule has 0 rings (SSSR count). The fourth-order valence-electron chi connectivity index (χ4n) is 0.410. The Morgan fingerprint density at radius 1 is 1.70 bits per heavy atom. The third-order valence-electron chi connectivity index (χ3n) is 0.868. The molecule has 0 fully saturated rings. The Labute approximate surface area is 57.8 Å². The molecule has 5 nitrogen and oxygen atoms in total. The van der Waals surface area contributed by atoms with Gasteiger partial charge in [-0.1, -0.05) is 0 Å². The van der Waals surface area contributed by atoms with Gasteiger partial charge in [-0.3, -0.25) is 4.79 Å². The molecule has 0 aliphatic carbocycles. The van der Waals surface area contributed by atoms with E-state index in [9.17, 15) is 9.59 Å². The first-order chi connectivity index (χ1) is 4.57. The van der Waals surface area contributed by atoms with E-state index in [0.29, 0.717) is 0 Å². The molecule has 0 aromatic heterocycles. The number of rotatable bonds is 3. The van der Waals surface area contributed by atoms with Gasteiger partial charge in [-0.15, -0.1) is 0 Å². The number of hydrogen-bond acceptors (Lipinski definition) is 4. The fourth-order valence-corrected chi connectivity index (χ4v) is 0.410. The van der Waals surface area contributed by atoms with Crippen LogP contribution >= 0.6 is 0 Å². The molecule has 58 valence electrons. The van der Waals surface area contributed by atoms with Gasteiger partial charge in [0.15, 0.2) is 6.10 Å². The van der Waals surface area contributed by atoms with E-state index in [4.69, 9.17) is 5.11 Å². The molecular formula is C5H9NO4. The second-order valence-electron chi connectivity index (χ2n) is 1.71. The lowest BCUT2D eigenvalue weighted by atomic mass is 10.2. The van der Waals surface area contributed by atoms with Crippen LogP contribution in [0.5, 0.6) is 0 Å². The normalized spacial score (nSPS) is 12.2. The highest BCUT2D eigenvalue weighted by atomic mass is 16.5. The monoisotopic (exact) mass is 147 g/mol. The predicted molar refractivity (Wildman–Crippen MR) is 31.8 cm³/mol. The van der Waals surface area contributed by atoms with Gasteiger partial charge in [0.1, 0.15) is 0 Å². The first-order valence-electron chi connectivity index (χ1n) is 2.62. The van der Waals surface area contributed by atoms with E-state index in [2.05, 4.69) is 10.5 Å². The van der Waals surface area contributed by atoms with Gasteiger partial charge in [0.05, 0.1) is 13.5 Å². The summed E-state index contributed by atoms with van der Waals surface area (Å²) in [5, 5.41) is 8.71. The highest BCUT2D eigenvalue weighted by Gasteiger charge is 2.17. The lowest BCUT2D eigenvalue weighted by molar-refractivity contribution is -0.152. The summed E-state index contributed by atoms with van der Waals surface area (Å²) < 4.78 is 4.12. The van der Waals surface area contributed by atoms with E-state index in [1.807, 2.05) is 0 Å². The maximum atomic E-state index is 10.4. The van der Waals surface area contributed by atoms with E-state index < -0.39 is 24.4 Å². The van der Waals surface area contributed by atoms with Gasteiger partial charge >= 0.3 is 5.97 Å². The van der Waals surface area contributed by atoms with Gasteiger partial charge in [0.25, 0.3) is 0 Å². The van der Waals surface area contributed by atoms with Crippen LogP contribution in [0.25, 0.3) is 0 Å². The molecule has 5 heteroatoms. The zero-order valence-corrected chi connectivity index (χ0v) is 5.53. The zero-order valence-electron chi connectivity index (χ0n) is 5.53. The SMILES string of the molecule is COC(=O)C(O)CC(N)=O. The Bertz CT molecular complexity index is 145. The number of methoxy groups -OCH3 is 1. The number of hydrogen-bond donors (Lipinski definition) is 2. The van der Waals surface area contributed by atoms with Gasteiger partial charge in [0.2, 0.25) is 5.91 Å². The topological polar surface area (TPSA) is 89.6 Å². The Hall–Kier alpha value is -1.10. The quantitative estimate of drug-likeness (QED) is 0.470. The molecule has 0 saturated carbocycles. The molecule has 0 aromatic rings. The molecule has 0 radical (unpaired) electrons. The first kappa shape index (κ1) is 8.90. The molecule has 1 amide bonds. The number of carbonyl (C=O) groups excluding carboxylic acids is 2. The Balaban J connectivity index is 3.72. The average molecular weight is 147 g/mol. The number of ether oxygens (including phenoxy) is 1. The summed E-state index contributed by atoms with van der Waals surface area (Å²) >= 11 is 0. The highest BCUT2D eigenvalue weighted by molar-refractivity contribution is 5.83. The molecule has 0 spiro atoms. The van der Waals surface area contributed by atoms with Crippen LogP contribution in [0.1, 0.15) is 6.42 Å². The molecule has 10 heavy (non-hydrogen) atoms.